The lowest BCUT2D eigenvalue weighted by molar-refractivity contribution is 0.276. The van der Waals surface area contributed by atoms with E-state index < -0.39 is 0 Å². The van der Waals surface area contributed by atoms with Crippen LogP contribution in [0.4, 0.5) is 5.69 Å². The molecule has 0 aliphatic heterocycles. The lowest BCUT2D eigenvalue weighted by Gasteiger charge is -2.25. The summed E-state index contributed by atoms with van der Waals surface area (Å²) >= 11 is 0. The van der Waals surface area contributed by atoms with Crippen LogP contribution < -0.4 is 11.1 Å². The highest BCUT2D eigenvalue weighted by atomic mass is 14.9. The zero-order chi connectivity index (χ0) is 14.3. The van der Waals surface area contributed by atoms with Crippen molar-refractivity contribution in [2.45, 2.75) is 40.5 Å². The van der Waals surface area contributed by atoms with Crippen LogP contribution in [0.25, 0.3) is 0 Å². The van der Waals surface area contributed by atoms with Gasteiger partial charge in [-0.2, -0.15) is 0 Å². The zero-order valence-electron chi connectivity index (χ0n) is 12.9. The standard InChI is InChI=1S/C17H30N2/c1-13(2)16(14(3)4)12-19-11-7-9-15-8-5-6-10-17(15)18/h5-6,8,10,13-14,16,19H,7,9,11-12,18H2,1-4H3. The van der Waals surface area contributed by atoms with E-state index in [1.54, 1.807) is 0 Å². The van der Waals surface area contributed by atoms with Gasteiger partial charge in [0.2, 0.25) is 0 Å². The Kier molecular flexibility index (Phi) is 6.93. The third-order valence-corrected chi connectivity index (χ3v) is 3.95. The molecule has 0 aliphatic carbocycles. The van der Waals surface area contributed by atoms with Gasteiger partial charge in [0.25, 0.3) is 0 Å². The first-order valence-electron chi connectivity index (χ1n) is 7.56. The number of nitrogens with one attached hydrogen (secondary N) is 1. The lowest BCUT2D eigenvalue weighted by atomic mass is 9.85. The van der Waals surface area contributed by atoms with Gasteiger partial charge in [0.15, 0.2) is 0 Å². The zero-order valence-corrected chi connectivity index (χ0v) is 12.9. The Labute approximate surface area is 118 Å². The van der Waals surface area contributed by atoms with Gasteiger partial charge in [-0.1, -0.05) is 45.9 Å². The van der Waals surface area contributed by atoms with Crippen molar-refractivity contribution in [2.24, 2.45) is 17.8 Å². The number of anilines is 1. The summed E-state index contributed by atoms with van der Waals surface area (Å²) in [6.07, 6.45) is 2.21. The van der Waals surface area contributed by atoms with Crippen molar-refractivity contribution in [1.82, 2.24) is 5.32 Å². The minimum absolute atomic E-state index is 0.747. The van der Waals surface area contributed by atoms with Crippen LogP contribution >= 0.6 is 0 Å². The van der Waals surface area contributed by atoms with Gasteiger partial charge in [0.05, 0.1) is 0 Å². The van der Waals surface area contributed by atoms with Gasteiger partial charge >= 0.3 is 0 Å². The molecule has 0 saturated carbocycles. The summed E-state index contributed by atoms with van der Waals surface area (Å²) < 4.78 is 0. The molecule has 19 heavy (non-hydrogen) atoms. The molecule has 2 heteroatoms. The third-order valence-electron chi connectivity index (χ3n) is 3.95. The van der Waals surface area contributed by atoms with E-state index in [0.29, 0.717) is 0 Å². The molecule has 2 nitrogen and oxygen atoms in total. The summed E-state index contributed by atoms with van der Waals surface area (Å²) in [7, 11) is 0. The fourth-order valence-corrected chi connectivity index (χ4v) is 2.68. The Morgan fingerprint density at radius 3 is 2.26 bits per heavy atom. The minimum Gasteiger partial charge on any atom is -0.399 e. The third kappa shape index (κ3) is 5.65. The second-order valence-corrected chi connectivity index (χ2v) is 6.16. The van der Waals surface area contributed by atoms with Gasteiger partial charge in [-0.15, -0.1) is 0 Å². The van der Waals surface area contributed by atoms with Crippen LogP contribution in [0.5, 0.6) is 0 Å². The number of hydrogen-bond acceptors (Lipinski definition) is 2. The molecule has 0 aromatic heterocycles. The van der Waals surface area contributed by atoms with E-state index in [0.717, 1.165) is 49.4 Å². The van der Waals surface area contributed by atoms with Crippen molar-refractivity contribution in [3.63, 3.8) is 0 Å². The van der Waals surface area contributed by atoms with Crippen LogP contribution in [0, 0.1) is 17.8 Å². The van der Waals surface area contributed by atoms with Crippen LogP contribution in [0.3, 0.4) is 0 Å². The summed E-state index contributed by atoms with van der Waals surface area (Å²) in [6, 6.07) is 8.16. The predicted octanol–water partition coefficient (Wildman–Crippen LogP) is 3.72. The molecule has 1 aromatic carbocycles. The molecule has 0 radical (unpaired) electrons. The molecule has 0 unspecified atom stereocenters. The summed E-state index contributed by atoms with van der Waals surface area (Å²) in [5, 5.41) is 3.60. The van der Waals surface area contributed by atoms with Crippen LogP contribution in [-0.2, 0) is 6.42 Å². The SMILES string of the molecule is CC(C)C(CNCCCc1ccccc1N)C(C)C. The molecule has 0 heterocycles. The molecule has 0 amide bonds. The van der Waals surface area contributed by atoms with E-state index in [-0.39, 0.29) is 0 Å². The molecule has 0 bridgehead atoms. The Morgan fingerprint density at radius 1 is 1.05 bits per heavy atom. The molecule has 0 atom stereocenters. The summed E-state index contributed by atoms with van der Waals surface area (Å²) in [5.41, 5.74) is 8.14. The topological polar surface area (TPSA) is 38.0 Å². The predicted molar refractivity (Wildman–Crippen MR) is 85.2 cm³/mol. The average Bonchev–Trinajstić information content (AvgIpc) is 2.34. The quantitative estimate of drug-likeness (QED) is 0.553. The first-order chi connectivity index (χ1) is 9.02. The van der Waals surface area contributed by atoms with E-state index in [9.17, 15) is 0 Å². The largest absolute Gasteiger partial charge is 0.399 e. The monoisotopic (exact) mass is 262 g/mol. The number of benzene rings is 1. The van der Waals surface area contributed by atoms with Crippen molar-refractivity contribution in [3.8, 4) is 0 Å². The highest BCUT2D eigenvalue weighted by Crippen LogP contribution is 2.19. The molecule has 3 N–H and O–H groups in total. The Hall–Kier alpha value is -1.02. The minimum atomic E-state index is 0.747. The molecular weight excluding hydrogens is 232 g/mol. The van der Waals surface area contributed by atoms with Gasteiger partial charge in [0.1, 0.15) is 0 Å². The van der Waals surface area contributed by atoms with Gasteiger partial charge < -0.3 is 11.1 Å². The smallest absolute Gasteiger partial charge is 0.0346 e. The van der Waals surface area contributed by atoms with E-state index in [4.69, 9.17) is 5.73 Å². The number of aryl methyl sites for hydroxylation is 1. The molecule has 0 aliphatic rings. The summed E-state index contributed by atoms with van der Waals surface area (Å²) in [5.74, 6) is 2.26. The van der Waals surface area contributed by atoms with Gasteiger partial charge in [-0.3, -0.25) is 0 Å². The Balaban J connectivity index is 2.23. The van der Waals surface area contributed by atoms with Crippen LogP contribution in [0.15, 0.2) is 24.3 Å². The highest BCUT2D eigenvalue weighted by molar-refractivity contribution is 5.46. The fraction of sp³-hybridized carbons (Fsp3) is 0.647. The number of para-hydroxylation sites is 1. The fourth-order valence-electron chi connectivity index (χ4n) is 2.68. The first-order valence-corrected chi connectivity index (χ1v) is 7.56. The van der Waals surface area contributed by atoms with Gasteiger partial charge in [0, 0.05) is 5.69 Å². The van der Waals surface area contributed by atoms with Gasteiger partial charge in [-0.25, -0.2) is 0 Å². The van der Waals surface area contributed by atoms with Crippen LogP contribution in [0.2, 0.25) is 0 Å². The van der Waals surface area contributed by atoms with Crippen LogP contribution in [-0.4, -0.2) is 13.1 Å². The Morgan fingerprint density at radius 2 is 1.68 bits per heavy atom. The number of hydrogen-bond donors (Lipinski definition) is 2. The van der Waals surface area contributed by atoms with E-state index in [2.05, 4.69) is 45.1 Å². The second kappa shape index (κ2) is 8.21. The maximum Gasteiger partial charge on any atom is 0.0346 e. The van der Waals surface area contributed by atoms with Crippen molar-refractivity contribution >= 4 is 5.69 Å². The van der Waals surface area contributed by atoms with E-state index in [1.807, 2.05) is 12.1 Å². The van der Waals surface area contributed by atoms with Crippen molar-refractivity contribution in [3.05, 3.63) is 29.8 Å². The highest BCUT2D eigenvalue weighted by Gasteiger charge is 2.16. The average molecular weight is 262 g/mol. The molecule has 1 aromatic rings. The van der Waals surface area contributed by atoms with Crippen molar-refractivity contribution < 1.29 is 0 Å². The molecule has 1 rings (SSSR count). The molecule has 0 spiro atoms. The maximum absolute atomic E-state index is 5.94. The lowest BCUT2D eigenvalue weighted by Crippen LogP contribution is -2.30. The molecule has 0 fully saturated rings. The van der Waals surface area contributed by atoms with E-state index >= 15 is 0 Å². The Bertz CT molecular complexity index is 350. The van der Waals surface area contributed by atoms with Crippen molar-refractivity contribution in [2.75, 3.05) is 18.8 Å². The van der Waals surface area contributed by atoms with E-state index in [1.165, 1.54) is 5.56 Å². The molecule has 108 valence electrons. The normalized spacial score (nSPS) is 11.7. The maximum atomic E-state index is 5.94. The van der Waals surface area contributed by atoms with Gasteiger partial charge in [-0.05, 0) is 55.3 Å². The number of nitrogen functional groups attached to an aromatic ring is 1. The number of rotatable bonds is 8. The second-order valence-electron chi connectivity index (χ2n) is 6.16. The number of nitrogens with two attached hydrogens (primary N) is 1. The summed E-state index contributed by atoms with van der Waals surface area (Å²) in [4.78, 5) is 0. The summed E-state index contributed by atoms with van der Waals surface area (Å²) in [6.45, 7) is 11.5. The first kappa shape index (κ1) is 16.0. The van der Waals surface area contributed by atoms with Crippen LogP contribution in [0.1, 0.15) is 39.7 Å². The van der Waals surface area contributed by atoms with Crippen molar-refractivity contribution in [1.29, 1.82) is 0 Å². The molecule has 0 saturated heterocycles. The molecular formula is C17H30N2.